The molecule has 8 aromatic rings. The highest BCUT2D eigenvalue weighted by Gasteiger charge is 2.48. The van der Waals surface area contributed by atoms with Gasteiger partial charge in [-0.15, -0.1) is 0 Å². The summed E-state index contributed by atoms with van der Waals surface area (Å²) in [6, 6.07) is 44.6. The molecular formula is C57H55FN6O4S. The highest BCUT2D eigenvalue weighted by molar-refractivity contribution is 7.84. The molecule has 1 unspecified atom stereocenters. The maximum Gasteiger partial charge on any atom is 0.410 e. The molecule has 350 valence electrons. The second-order valence-electron chi connectivity index (χ2n) is 19.6. The summed E-state index contributed by atoms with van der Waals surface area (Å²) in [7, 11) is -1.54. The minimum atomic E-state index is -1.54. The molecule has 1 amide bonds. The molecule has 2 aliphatic heterocycles. The number of halogens is 1. The summed E-state index contributed by atoms with van der Waals surface area (Å²) in [5.74, 6) is 1.23. The maximum atomic E-state index is 17.1. The third-order valence-electron chi connectivity index (χ3n) is 14.0. The number of hydrogen-bond acceptors (Lipinski definition) is 8. The number of fused-ring (bicyclic) bond motifs is 4. The van der Waals surface area contributed by atoms with E-state index in [1.807, 2.05) is 129 Å². The lowest BCUT2D eigenvalue weighted by Gasteiger charge is -2.36. The van der Waals surface area contributed by atoms with Crippen LogP contribution in [0.3, 0.4) is 0 Å². The van der Waals surface area contributed by atoms with Gasteiger partial charge in [-0.05, 0) is 92.3 Å². The van der Waals surface area contributed by atoms with Crippen molar-refractivity contribution in [2.75, 3.05) is 23.7 Å². The van der Waals surface area contributed by atoms with Crippen LogP contribution in [0.1, 0.15) is 86.3 Å². The van der Waals surface area contributed by atoms with Gasteiger partial charge in [-0.3, -0.25) is 8.89 Å². The molecule has 3 fully saturated rings. The Hall–Kier alpha value is -6.92. The minimum absolute atomic E-state index is 0.0451. The largest absolute Gasteiger partial charge is 0.486 e. The van der Waals surface area contributed by atoms with E-state index in [4.69, 9.17) is 24.5 Å². The van der Waals surface area contributed by atoms with E-state index in [2.05, 4.69) is 53.6 Å². The average molecular weight is 939 g/mol. The number of benzene rings is 6. The Kier molecular flexibility index (Phi) is 11.3. The first-order chi connectivity index (χ1) is 33.4. The van der Waals surface area contributed by atoms with E-state index in [-0.39, 0.29) is 41.7 Å². The summed E-state index contributed by atoms with van der Waals surface area (Å²) in [5, 5.41) is 7.12. The van der Waals surface area contributed by atoms with Gasteiger partial charge in [0.05, 0.1) is 28.4 Å². The van der Waals surface area contributed by atoms with Crippen molar-refractivity contribution in [3.8, 4) is 16.9 Å². The molecule has 2 saturated heterocycles. The van der Waals surface area contributed by atoms with Crippen LogP contribution in [0.15, 0.2) is 145 Å². The number of anilines is 1. The summed E-state index contributed by atoms with van der Waals surface area (Å²) in [6.07, 6.45) is 4.40. The third-order valence-corrected chi connectivity index (χ3v) is 15.1. The zero-order valence-corrected chi connectivity index (χ0v) is 40.4. The van der Waals surface area contributed by atoms with E-state index >= 15 is 4.39 Å². The van der Waals surface area contributed by atoms with Crippen LogP contribution in [0, 0.1) is 12.7 Å². The van der Waals surface area contributed by atoms with Crippen LogP contribution >= 0.6 is 0 Å². The highest BCUT2D eigenvalue weighted by atomic mass is 32.2. The Labute approximate surface area is 404 Å². The van der Waals surface area contributed by atoms with Gasteiger partial charge < -0.3 is 19.3 Å². The first kappa shape index (κ1) is 44.6. The molecule has 4 heterocycles. The molecule has 10 nitrogen and oxygen atoms in total. The standard InChI is InChI=1S/C57H55FN6O4S/c1-6-69(66)54-59-51-45(53(60-54)62-32-43-29-42(62)33-63(43)55(65)68-56(3,4)5)30-44(38-27-28-38)50(52(51)67-35-37-19-11-7-12-20-37)49-36(2)47(58)31-48-46(49)34-64(61-48)57(39-21-13-8-14-22-39,40-23-15-9-16-24-40)41-25-17-10-18-26-41/h7-26,30-31,34,38,42-43H,6,27-29,32-33,35H2,1-5H3/t42-,43-,69?/m0/s1. The van der Waals surface area contributed by atoms with Crippen LogP contribution in [0.5, 0.6) is 5.75 Å². The molecule has 0 spiro atoms. The molecule has 1 saturated carbocycles. The van der Waals surface area contributed by atoms with Crippen LogP contribution in [0.2, 0.25) is 0 Å². The number of rotatable bonds is 12. The highest BCUT2D eigenvalue weighted by Crippen LogP contribution is 2.54. The van der Waals surface area contributed by atoms with Crippen molar-refractivity contribution in [3.05, 3.63) is 179 Å². The Morgan fingerprint density at radius 3 is 1.94 bits per heavy atom. The van der Waals surface area contributed by atoms with Crippen LogP contribution in [0.4, 0.5) is 15.0 Å². The van der Waals surface area contributed by atoms with Crippen LogP contribution in [-0.4, -0.2) is 71.5 Å². The molecular weight excluding hydrogens is 884 g/mol. The molecule has 2 bridgehead atoms. The van der Waals surface area contributed by atoms with Crippen molar-refractivity contribution in [3.63, 3.8) is 0 Å². The second kappa shape index (κ2) is 17.6. The van der Waals surface area contributed by atoms with Crippen molar-refractivity contribution in [1.82, 2.24) is 24.6 Å². The van der Waals surface area contributed by atoms with E-state index in [9.17, 15) is 9.00 Å². The molecule has 12 heteroatoms. The normalized spacial score (nSPS) is 17.5. The molecule has 2 aromatic heterocycles. The fraction of sp³-hybridized carbons (Fsp3) is 0.298. The van der Waals surface area contributed by atoms with Crippen LogP contribution in [-0.2, 0) is 27.7 Å². The molecule has 69 heavy (non-hydrogen) atoms. The minimum Gasteiger partial charge on any atom is -0.486 e. The lowest BCUT2D eigenvalue weighted by molar-refractivity contribution is 0.0214. The Balaban J connectivity index is 1.17. The van der Waals surface area contributed by atoms with Crippen molar-refractivity contribution < 1.29 is 22.9 Å². The number of carbonyl (C=O) groups is 1. The predicted octanol–water partition coefficient (Wildman–Crippen LogP) is 11.7. The van der Waals surface area contributed by atoms with Gasteiger partial charge in [0.25, 0.3) is 0 Å². The number of hydrogen-bond donors (Lipinski definition) is 0. The van der Waals surface area contributed by atoms with E-state index in [0.29, 0.717) is 52.6 Å². The summed E-state index contributed by atoms with van der Waals surface area (Å²) in [6.45, 7) is 10.6. The molecule has 3 atom stereocenters. The van der Waals surface area contributed by atoms with Crippen LogP contribution < -0.4 is 9.64 Å². The van der Waals surface area contributed by atoms with Gasteiger partial charge >= 0.3 is 6.09 Å². The number of ether oxygens (including phenoxy) is 2. The van der Waals surface area contributed by atoms with Gasteiger partial charge in [0, 0.05) is 53.0 Å². The summed E-state index contributed by atoms with van der Waals surface area (Å²) in [4.78, 5) is 27.8. The predicted molar refractivity (Wildman–Crippen MR) is 270 cm³/mol. The average Bonchev–Trinajstić information content (AvgIpc) is 3.80. The fourth-order valence-electron chi connectivity index (χ4n) is 10.7. The Morgan fingerprint density at radius 1 is 0.783 bits per heavy atom. The number of carbonyl (C=O) groups excluding carboxylic acids is 1. The maximum absolute atomic E-state index is 17.1. The van der Waals surface area contributed by atoms with Gasteiger partial charge in [0.15, 0.2) is 5.75 Å². The van der Waals surface area contributed by atoms with Gasteiger partial charge in [0.2, 0.25) is 5.16 Å². The SMILES string of the molecule is CCS(=O)c1nc(N2C[C@@H]3C[C@H]2CN3C(=O)OC(C)(C)C)c2cc(C3CC3)c(-c3c(C)c(F)cc4nn(C(c5ccccc5)(c5ccccc5)c5ccccc5)cc34)c(OCc3ccccc3)c2n1. The van der Waals surface area contributed by atoms with Gasteiger partial charge in [-0.25, -0.2) is 19.2 Å². The number of amides is 1. The first-order valence-electron chi connectivity index (χ1n) is 24.0. The lowest BCUT2D eigenvalue weighted by Crippen LogP contribution is -2.50. The molecule has 0 radical (unpaired) electrons. The topological polar surface area (TPSA) is 103 Å². The van der Waals surface area contributed by atoms with E-state index < -0.39 is 21.9 Å². The van der Waals surface area contributed by atoms with Crippen LogP contribution in [0.25, 0.3) is 32.9 Å². The van der Waals surface area contributed by atoms with E-state index in [1.54, 1.807) is 6.07 Å². The summed E-state index contributed by atoms with van der Waals surface area (Å²) < 4.78 is 46.1. The summed E-state index contributed by atoms with van der Waals surface area (Å²) >= 11 is 0. The van der Waals surface area contributed by atoms with Crippen molar-refractivity contribution in [2.45, 2.75) is 94.8 Å². The second-order valence-corrected chi connectivity index (χ2v) is 21.2. The summed E-state index contributed by atoms with van der Waals surface area (Å²) in [5.41, 5.74) is 6.29. The Bertz CT molecular complexity index is 3150. The molecule has 0 N–H and O–H groups in total. The van der Waals surface area contributed by atoms with Gasteiger partial charge in [-0.1, -0.05) is 128 Å². The first-order valence-corrected chi connectivity index (χ1v) is 25.3. The number of nitrogens with zero attached hydrogens (tertiary/aromatic N) is 6. The molecule has 11 rings (SSSR count). The fourth-order valence-corrected chi connectivity index (χ4v) is 11.3. The van der Waals surface area contributed by atoms with Gasteiger partial charge in [-0.2, -0.15) is 5.10 Å². The van der Waals surface area contributed by atoms with Crippen molar-refractivity contribution in [2.24, 2.45) is 0 Å². The smallest absolute Gasteiger partial charge is 0.410 e. The zero-order chi connectivity index (χ0) is 47.6. The molecule has 1 aliphatic carbocycles. The monoisotopic (exact) mass is 938 g/mol. The zero-order valence-electron chi connectivity index (χ0n) is 39.6. The van der Waals surface area contributed by atoms with E-state index in [1.165, 1.54) is 0 Å². The quantitative estimate of drug-likeness (QED) is 0.0881. The number of likely N-dealkylation sites (tertiary alicyclic amines) is 1. The molecule has 6 aromatic carbocycles. The number of piperazine rings is 1. The van der Waals surface area contributed by atoms with Crippen molar-refractivity contribution in [1.29, 1.82) is 0 Å². The van der Waals surface area contributed by atoms with Gasteiger partial charge in [0.1, 0.15) is 34.9 Å². The third kappa shape index (κ3) is 7.92. The Morgan fingerprint density at radius 2 is 1.39 bits per heavy atom. The molecule has 3 aliphatic rings. The number of aromatic nitrogens is 4. The van der Waals surface area contributed by atoms with Crippen molar-refractivity contribution >= 4 is 44.5 Å². The van der Waals surface area contributed by atoms with E-state index in [0.717, 1.165) is 63.4 Å². The lowest BCUT2D eigenvalue weighted by atomic mass is 9.77.